The number of anilines is 1. The minimum absolute atomic E-state index is 0.212. The van der Waals surface area contributed by atoms with Gasteiger partial charge in [-0.2, -0.15) is 0 Å². The number of nitrogens with zero attached hydrogens (tertiary/aromatic N) is 1. The van der Waals surface area contributed by atoms with Gasteiger partial charge in [0.2, 0.25) is 0 Å². The lowest BCUT2D eigenvalue weighted by atomic mass is 10.1. The Morgan fingerprint density at radius 1 is 0.935 bits per heavy atom. The van der Waals surface area contributed by atoms with Gasteiger partial charge < -0.3 is 19.4 Å². The van der Waals surface area contributed by atoms with Crippen LogP contribution >= 0.6 is 0 Å². The van der Waals surface area contributed by atoms with E-state index < -0.39 is 18.5 Å². The van der Waals surface area contributed by atoms with Gasteiger partial charge in [-0.15, -0.1) is 0 Å². The van der Waals surface area contributed by atoms with Gasteiger partial charge in [0.1, 0.15) is 5.69 Å². The molecule has 0 unspecified atom stereocenters. The zero-order valence-electron chi connectivity index (χ0n) is 18.2. The first kappa shape index (κ1) is 22.1. The van der Waals surface area contributed by atoms with Crippen molar-refractivity contribution >= 4 is 34.3 Å². The van der Waals surface area contributed by atoms with Crippen molar-refractivity contribution < 1.29 is 23.9 Å². The van der Waals surface area contributed by atoms with Crippen molar-refractivity contribution in [2.45, 2.75) is 27.7 Å². The number of carbonyl (C=O) groups excluding carboxylic acids is 3. The summed E-state index contributed by atoms with van der Waals surface area (Å²) >= 11 is 0. The van der Waals surface area contributed by atoms with E-state index in [1.165, 1.54) is 0 Å². The highest BCUT2D eigenvalue weighted by Crippen LogP contribution is 2.27. The van der Waals surface area contributed by atoms with Crippen LogP contribution in [0.2, 0.25) is 0 Å². The Hall–Kier alpha value is -3.61. The fraction of sp³-hybridized carbons (Fsp3) is 0.292. The van der Waals surface area contributed by atoms with Gasteiger partial charge in [-0.25, -0.2) is 9.59 Å². The van der Waals surface area contributed by atoms with Crippen LogP contribution in [0.25, 0.3) is 10.8 Å². The average Bonchev–Trinajstić information content (AvgIpc) is 3.07. The van der Waals surface area contributed by atoms with Crippen LogP contribution < -0.4 is 4.90 Å². The van der Waals surface area contributed by atoms with E-state index in [1.54, 1.807) is 25.7 Å². The SMILES string of the molecule is CCOC(=O)c1[nH]c(C)c(C(=O)OCC(=O)N(CC)c2cccc3ccccc23)c1C. The molecule has 3 rings (SSSR count). The van der Waals surface area contributed by atoms with E-state index in [9.17, 15) is 14.4 Å². The predicted molar refractivity (Wildman–Crippen MR) is 118 cm³/mol. The topological polar surface area (TPSA) is 88.7 Å². The molecule has 0 saturated heterocycles. The standard InChI is InChI=1S/C24H26N2O5/c1-5-26(19-13-9-11-17-10-7-8-12-18(17)19)20(27)14-31-23(28)21-15(3)22(25-16(21)4)24(29)30-6-2/h7-13,25H,5-6,14H2,1-4H3. The number of nitrogens with one attached hydrogen (secondary N) is 1. The second kappa shape index (κ2) is 9.47. The van der Waals surface area contributed by atoms with Crippen LogP contribution in [-0.2, 0) is 14.3 Å². The van der Waals surface area contributed by atoms with Crippen LogP contribution in [0.5, 0.6) is 0 Å². The fourth-order valence-corrected chi connectivity index (χ4v) is 3.67. The minimum atomic E-state index is -0.663. The van der Waals surface area contributed by atoms with Crippen LogP contribution in [0.15, 0.2) is 42.5 Å². The maximum Gasteiger partial charge on any atom is 0.355 e. The number of amides is 1. The number of aryl methyl sites for hydroxylation is 1. The van der Waals surface area contributed by atoms with E-state index in [4.69, 9.17) is 9.47 Å². The lowest BCUT2D eigenvalue weighted by Crippen LogP contribution is -2.34. The Morgan fingerprint density at radius 2 is 1.65 bits per heavy atom. The largest absolute Gasteiger partial charge is 0.461 e. The van der Waals surface area contributed by atoms with Crippen LogP contribution in [-0.4, -0.2) is 42.6 Å². The summed E-state index contributed by atoms with van der Waals surface area (Å²) < 4.78 is 10.3. The third-order valence-corrected chi connectivity index (χ3v) is 5.12. The molecule has 2 aromatic carbocycles. The van der Waals surface area contributed by atoms with Gasteiger partial charge in [0.25, 0.3) is 5.91 Å². The molecule has 0 fully saturated rings. The summed E-state index contributed by atoms with van der Waals surface area (Å²) in [5, 5.41) is 1.97. The smallest absolute Gasteiger partial charge is 0.355 e. The second-order valence-electron chi connectivity index (χ2n) is 7.06. The molecule has 1 heterocycles. The highest BCUT2D eigenvalue weighted by atomic mass is 16.5. The Bertz CT molecular complexity index is 1130. The number of carbonyl (C=O) groups is 3. The molecule has 31 heavy (non-hydrogen) atoms. The Balaban J connectivity index is 1.77. The quantitative estimate of drug-likeness (QED) is 0.577. The second-order valence-corrected chi connectivity index (χ2v) is 7.06. The van der Waals surface area contributed by atoms with Crippen LogP contribution in [0.4, 0.5) is 5.69 Å². The average molecular weight is 422 g/mol. The van der Waals surface area contributed by atoms with E-state index in [0.717, 1.165) is 16.5 Å². The minimum Gasteiger partial charge on any atom is -0.461 e. The molecule has 1 aromatic heterocycles. The number of hydrogen-bond acceptors (Lipinski definition) is 5. The molecule has 7 nitrogen and oxygen atoms in total. The van der Waals surface area contributed by atoms with Crippen molar-refractivity contribution in [3.63, 3.8) is 0 Å². The number of esters is 2. The Kier molecular flexibility index (Phi) is 6.74. The van der Waals surface area contributed by atoms with E-state index in [1.807, 2.05) is 49.4 Å². The molecule has 7 heteroatoms. The van der Waals surface area contributed by atoms with Crippen LogP contribution in [0.3, 0.4) is 0 Å². The highest BCUT2D eigenvalue weighted by molar-refractivity contribution is 6.05. The van der Waals surface area contributed by atoms with Gasteiger partial charge >= 0.3 is 11.9 Å². The van der Waals surface area contributed by atoms with Crippen molar-refractivity contribution in [3.05, 3.63) is 65.0 Å². The molecule has 0 bridgehead atoms. The van der Waals surface area contributed by atoms with Gasteiger partial charge in [0.05, 0.1) is 17.9 Å². The molecular weight excluding hydrogens is 396 g/mol. The monoisotopic (exact) mass is 422 g/mol. The number of H-pyrrole nitrogens is 1. The molecule has 1 amide bonds. The number of hydrogen-bond donors (Lipinski definition) is 1. The molecule has 0 saturated carbocycles. The van der Waals surface area contributed by atoms with Gasteiger partial charge in [0.15, 0.2) is 6.61 Å². The van der Waals surface area contributed by atoms with Crippen molar-refractivity contribution in [3.8, 4) is 0 Å². The van der Waals surface area contributed by atoms with Crippen LogP contribution in [0, 0.1) is 13.8 Å². The molecule has 3 aromatic rings. The first-order valence-corrected chi connectivity index (χ1v) is 10.2. The van der Waals surface area contributed by atoms with E-state index in [-0.39, 0.29) is 23.8 Å². The van der Waals surface area contributed by atoms with Crippen molar-refractivity contribution in [1.82, 2.24) is 4.98 Å². The molecule has 0 aliphatic heterocycles. The summed E-state index contributed by atoms with van der Waals surface area (Å²) in [5.41, 5.74) is 2.14. The number of fused-ring (bicyclic) bond motifs is 1. The number of aromatic nitrogens is 1. The van der Waals surface area contributed by atoms with E-state index in [0.29, 0.717) is 17.8 Å². The van der Waals surface area contributed by atoms with Crippen LogP contribution in [0.1, 0.15) is 46.0 Å². The summed E-state index contributed by atoms with van der Waals surface area (Å²) in [6.07, 6.45) is 0. The number of likely N-dealkylation sites (N-methyl/N-ethyl adjacent to an activating group) is 1. The maximum absolute atomic E-state index is 12.9. The molecule has 1 N–H and O–H groups in total. The van der Waals surface area contributed by atoms with Gasteiger partial charge in [-0.05, 0) is 44.7 Å². The first-order chi connectivity index (χ1) is 14.9. The lowest BCUT2D eigenvalue weighted by Gasteiger charge is -2.22. The first-order valence-electron chi connectivity index (χ1n) is 10.2. The van der Waals surface area contributed by atoms with E-state index in [2.05, 4.69) is 4.98 Å². The Labute approximate surface area is 181 Å². The summed E-state index contributed by atoms with van der Waals surface area (Å²) in [4.78, 5) is 42.1. The normalized spacial score (nSPS) is 10.7. The molecule has 0 aliphatic carbocycles. The number of aromatic amines is 1. The molecule has 0 atom stereocenters. The summed E-state index contributed by atoms with van der Waals surface area (Å²) in [5.74, 6) is -1.53. The zero-order valence-corrected chi connectivity index (χ0v) is 18.2. The molecule has 162 valence electrons. The Morgan fingerprint density at radius 3 is 2.35 bits per heavy atom. The fourth-order valence-electron chi connectivity index (χ4n) is 3.67. The molecule has 0 radical (unpaired) electrons. The van der Waals surface area contributed by atoms with Crippen molar-refractivity contribution in [2.24, 2.45) is 0 Å². The molecule has 0 spiro atoms. The van der Waals surface area contributed by atoms with Gasteiger partial charge in [-0.3, -0.25) is 4.79 Å². The maximum atomic E-state index is 12.9. The number of ether oxygens (including phenoxy) is 2. The molecule has 0 aliphatic rings. The van der Waals surface area contributed by atoms with Crippen molar-refractivity contribution in [1.29, 1.82) is 0 Å². The third kappa shape index (κ3) is 4.45. The van der Waals surface area contributed by atoms with Gasteiger partial charge in [-0.1, -0.05) is 36.4 Å². The summed E-state index contributed by atoms with van der Waals surface area (Å²) in [6, 6.07) is 13.5. The number of benzene rings is 2. The predicted octanol–water partition coefficient (Wildman–Crippen LogP) is 4.17. The zero-order chi connectivity index (χ0) is 22.5. The van der Waals surface area contributed by atoms with Gasteiger partial charge in [0, 0.05) is 17.6 Å². The summed E-state index contributed by atoms with van der Waals surface area (Å²) in [6.45, 7) is 7.14. The lowest BCUT2D eigenvalue weighted by molar-refractivity contribution is -0.121. The molecular formula is C24H26N2O5. The third-order valence-electron chi connectivity index (χ3n) is 5.12. The number of rotatable bonds is 7. The summed E-state index contributed by atoms with van der Waals surface area (Å²) in [7, 11) is 0. The highest BCUT2D eigenvalue weighted by Gasteiger charge is 2.25. The van der Waals surface area contributed by atoms with Crippen molar-refractivity contribution in [2.75, 3.05) is 24.7 Å². The van der Waals surface area contributed by atoms with E-state index >= 15 is 0 Å².